The van der Waals surface area contributed by atoms with E-state index in [1.807, 2.05) is 24.3 Å². The van der Waals surface area contributed by atoms with Crippen LogP contribution in [0, 0.1) is 0 Å². The van der Waals surface area contributed by atoms with Crippen LogP contribution in [-0.2, 0) is 5.75 Å². The minimum Gasteiger partial charge on any atom is -0.348 e. The average molecular weight is 349 g/mol. The van der Waals surface area contributed by atoms with Gasteiger partial charge in [-0.1, -0.05) is 38.0 Å². The molecule has 1 aromatic carbocycles. The van der Waals surface area contributed by atoms with Crippen molar-refractivity contribution >= 4 is 29.0 Å². The van der Waals surface area contributed by atoms with E-state index in [4.69, 9.17) is 5.73 Å². The molecule has 3 N–H and O–H groups in total. The summed E-state index contributed by atoms with van der Waals surface area (Å²) in [7, 11) is 0. The fourth-order valence-electron chi connectivity index (χ4n) is 2.29. The topological polar surface area (TPSA) is 55.1 Å². The molecule has 1 heterocycles. The lowest BCUT2D eigenvalue weighted by Gasteiger charge is -2.17. The monoisotopic (exact) mass is 348 g/mol. The number of nitrogens with two attached hydrogens (primary N) is 1. The summed E-state index contributed by atoms with van der Waals surface area (Å²) in [5.74, 6) is 0.865. The van der Waals surface area contributed by atoms with Gasteiger partial charge in [-0.05, 0) is 30.0 Å². The van der Waals surface area contributed by atoms with Gasteiger partial charge in [-0.2, -0.15) is 0 Å². The third kappa shape index (κ3) is 5.68. The summed E-state index contributed by atoms with van der Waals surface area (Å²) < 4.78 is 0. The molecule has 0 fully saturated rings. The molecule has 124 valence electrons. The highest BCUT2D eigenvalue weighted by Gasteiger charge is 2.15. The van der Waals surface area contributed by atoms with Crippen LogP contribution in [0.5, 0.6) is 0 Å². The number of amides is 1. The first-order valence-corrected chi connectivity index (χ1v) is 9.86. The van der Waals surface area contributed by atoms with E-state index in [0.29, 0.717) is 6.54 Å². The number of thiophene rings is 1. The van der Waals surface area contributed by atoms with Gasteiger partial charge in [0.1, 0.15) is 0 Å². The number of hydrogen-bond acceptors (Lipinski definition) is 4. The number of unbranched alkanes of at least 4 members (excludes halogenated alkanes) is 1. The van der Waals surface area contributed by atoms with Crippen LogP contribution in [0.3, 0.4) is 0 Å². The summed E-state index contributed by atoms with van der Waals surface area (Å²) in [5.41, 5.74) is 6.52. The Hall–Kier alpha value is -1.30. The minimum absolute atomic E-state index is 0.0224. The Morgan fingerprint density at radius 1 is 1.30 bits per heavy atom. The van der Waals surface area contributed by atoms with Gasteiger partial charge in [0.15, 0.2) is 0 Å². The maximum atomic E-state index is 12.6. The van der Waals surface area contributed by atoms with Crippen molar-refractivity contribution in [1.29, 1.82) is 0 Å². The minimum atomic E-state index is -0.0224. The second kappa shape index (κ2) is 9.75. The van der Waals surface area contributed by atoms with E-state index in [0.717, 1.165) is 35.5 Å². The van der Waals surface area contributed by atoms with E-state index in [9.17, 15) is 4.79 Å². The van der Waals surface area contributed by atoms with Crippen LogP contribution in [0.1, 0.15) is 41.4 Å². The Morgan fingerprint density at radius 2 is 2.13 bits per heavy atom. The molecule has 0 spiro atoms. The summed E-state index contributed by atoms with van der Waals surface area (Å²) in [6.45, 7) is 2.63. The first-order valence-electron chi connectivity index (χ1n) is 7.99. The van der Waals surface area contributed by atoms with Gasteiger partial charge >= 0.3 is 0 Å². The smallest absolute Gasteiger partial charge is 0.252 e. The fraction of sp³-hybridized carbons (Fsp3) is 0.389. The van der Waals surface area contributed by atoms with Gasteiger partial charge in [-0.3, -0.25) is 4.79 Å². The zero-order valence-electron chi connectivity index (χ0n) is 13.5. The predicted octanol–water partition coefficient (Wildman–Crippen LogP) is 4.29. The molecule has 5 heteroatoms. The van der Waals surface area contributed by atoms with Crippen molar-refractivity contribution in [2.45, 2.75) is 42.9 Å². The molecule has 0 bridgehead atoms. The first-order chi connectivity index (χ1) is 11.2. The molecule has 0 saturated carbocycles. The first kappa shape index (κ1) is 18.0. The van der Waals surface area contributed by atoms with E-state index in [1.54, 1.807) is 23.1 Å². The van der Waals surface area contributed by atoms with E-state index in [-0.39, 0.29) is 11.9 Å². The standard InChI is InChI=1S/C18H24N2OS2/c1-2-3-7-14(12-19)20-18(21)16-9-4-5-10-17(16)23-13-15-8-6-11-22-15/h4-6,8-11,14H,2-3,7,12-13,19H2,1H3,(H,20,21). The number of thioether (sulfide) groups is 1. The van der Waals surface area contributed by atoms with Gasteiger partial charge in [0, 0.05) is 28.1 Å². The molecule has 2 aromatic rings. The Morgan fingerprint density at radius 3 is 2.83 bits per heavy atom. The third-order valence-corrected chi connectivity index (χ3v) is 5.79. The molecule has 1 amide bonds. The van der Waals surface area contributed by atoms with Gasteiger partial charge in [0.05, 0.1) is 5.56 Å². The normalized spacial score (nSPS) is 12.1. The third-order valence-electron chi connectivity index (χ3n) is 3.61. The van der Waals surface area contributed by atoms with E-state index < -0.39 is 0 Å². The molecule has 23 heavy (non-hydrogen) atoms. The Balaban J connectivity index is 2.01. The maximum Gasteiger partial charge on any atom is 0.252 e. The second-order valence-electron chi connectivity index (χ2n) is 5.41. The van der Waals surface area contributed by atoms with Gasteiger partial charge in [0.25, 0.3) is 5.91 Å². The van der Waals surface area contributed by atoms with Gasteiger partial charge in [-0.15, -0.1) is 23.1 Å². The molecule has 0 radical (unpaired) electrons. The van der Waals surface area contributed by atoms with Crippen molar-refractivity contribution in [2.75, 3.05) is 6.54 Å². The quantitative estimate of drug-likeness (QED) is 0.665. The molecular weight excluding hydrogens is 324 g/mol. The van der Waals surface area contributed by atoms with Crippen LogP contribution < -0.4 is 11.1 Å². The zero-order chi connectivity index (χ0) is 16.5. The van der Waals surface area contributed by atoms with Crippen molar-refractivity contribution in [3.63, 3.8) is 0 Å². The Bertz CT molecular complexity index is 599. The number of nitrogens with one attached hydrogen (secondary N) is 1. The van der Waals surface area contributed by atoms with Crippen LogP contribution >= 0.6 is 23.1 Å². The summed E-state index contributed by atoms with van der Waals surface area (Å²) in [5, 5.41) is 5.15. The Kier molecular flexibility index (Phi) is 7.65. The lowest BCUT2D eigenvalue weighted by Crippen LogP contribution is -2.40. The number of benzene rings is 1. The van der Waals surface area contributed by atoms with Crippen molar-refractivity contribution in [2.24, 2.45) is 5.73 Å². The predicted molar refractivity (Wildman–Crippen MR) is 100 cm³/mol. The lowest BCUT2D eigenvalue weighted by molar-refractivity contribution is 0.0933. The molecule has 0 aliphatic rings. The SMILES string of the molecule is CCCCC(CN)NC(=O)c1ccccc1SCc1cccs1. The van der Waals surface area contributed by atoms with Gasteiger partial charge in [-0.25, -0.2) is 0 Å². The molecule has 2 rings (SSSR count). The Labute approximate surface area is 146 Å². The maximum absolute atomic E-state index is 12.6. The molecule has 0 aliphatic heterocycles. The highest BCUT2D eigenvalue weighted by molar-refractivity contribution is 7.98. The van der Waals surface area contributed by atoms with E-state index in [1.165, 1.54) is 4.88 Å². The average Bonchev–Trinajstić information content (AvgIpc) is 3.10. The fourth-order valence-corrected chi connectivity index (χ4v) is 4.11. The second-order valence-corrected chi connectivity index (χ2v) is 7.46. The molecule has 3 nitrogen and oxygen atoms in total. The van der Waals surface area contributed by atoms with Crippen molar-refractivity contribution < 1.29 is 4.79 Å². The number of carbonyl (C=O) groups is 1. The van der Waals surface area contributed by atoms with Crippen LogP contribution in [0.4, 0.5) is 0 Å². The molecule has 0 aliphatic carbocycles. The molecule has 0 saturated heterocycles. The highest BCUT2D eigenvalue weighted by atomic mass is 32.2. The van der Waals surface area contributed by atoms with Crippen LogP contribution in [0.2, 0.25) is 0 Å². The number of rotatable bonds is 9. The number of hydrogen-bond donors (Lipinski definition) is 2. The van der Waals surface area contributed by atoms with Crippen molar-refractivity contribution in [3.05, 3.63) is 52.2 Å². The van der Waals surface area contributed by atoms with E-state index in [2.05, 4.69) is 29.8 Å². The molecule has 1 aromatic heterocycles. The lowest BCUT2D eigenvalue weighted by atomic mass is 10.1. The largest absolute Gasteiger partial charge is 0.348 e. The highest BCUT2D eigenvalue weighted by Crippen LogP contribution is 2.28. The summed E-state index contributed by atoms with van der Waals surface area (Å²) in [6, 6.07) is 12.0. The molecular formula is C18H24N2OS2. The van der Waals surface area contributed by atoms with Crippen LogP contribution in [0.15, 0.2) is 46.7 Å². The molecule has 1 unspecified atom stereocenters. The van der Waals surface area contributed by atoms with Crippen LogP contribution in [0.25, 0.3) is 0 Å². The summed E-state index contributed by atoms with van der Waals surface area (Å²) in [6.07, 6.45) is 3.12. The summed E-state index contributed by atoms with van der Waals surface area (Å²) >= 11 is 3.45. The van der Waals surface area contributed by atoms with Crippen molar-refractivity contribution in [3.8, 4) is 0 Å². The van der Waals surface area contributed by atoms with Crippen LogP contribution in [-0.4, -0.2) is 18.5 Å². The van der Waals surface area contributed by atoms with Crippen molar-refractivity contribution in [1.82, 2.24) is 5.32 Å². The van der Waals surface area contributed by atoms with E-state index >= 15 is 0 Å². The van der Waals surface area contributed by atoms with Gasteiger partial charge < -0.3 is 11.1 Å². The molecule has 1 atom stereocenters. The van der Waals surface area contributed by atoms with Gasteiger partial charge in [0.2, 0.25) is 0 Å². The summed E-state index contributed by atoms with van der Waals surface area (Å²) in [4.78, 5) is 14.9. The number of carbonyl (C=O) groups excluding carboxylic acids is 1. The zero-order valence-corrected chi connectivity index (χ0v) is 15.1.